The van der Waals surface area contributed by atoms with Gasteiger partial charge in [0.15, 0.2) is 0 Å². The van der Waals surface area contributed by atoms with E-state index in [0.29, 0.717) is 6.42 Å². The maximum Gasteiger partial charge on any atom is 0.220 e. The summed E-state index contributed by atoms with van der Waals surface area (Å²) < 4.78 is 0. The first-order valence-electron chi connectivity index (χ1n) is 7.00. The highest BCUT2D eigenvalue weighted by atomic mass is 16.1. The van der Waals surface area contributed by atoms with Crippen LogP contribution in [-0.4, -0.2) is 5.91 Å². The average molecular weight is 267 g/mol. The van der Waals surface area contributed by atoms with E-state index in [0.717, 1.165) is 5.56 Å². The SMILES string of the molecule is CCC(=O)NC(C)(C)c1cccc(-c2ccccc2)c1. The number of nitrogens with one attached hydrogen (secondary N) is 1. The Morgan fingerprint density at radius 2 is 1.65 bits per heavy atom. The summed E-state index contributed by atoms with van der Waals surface area (Å²) in [7, 11) is 0. The van der Waals surface area contributed by atoms with Gasteiger partial charge >= 0.3 is 0 Å². The van der Waals surface area contributed by atoms with Gasteiger partial charge in [0.2, 0.25) is 5.91 Å². The molecule has 2 nitrogen and oxygen atoms in total. The lowest BCUT2D eigenvalue weighted by atomic mass is 9.91. The predicted molar refractivity (Wildman–Crippen MR) is 83.3 cm³/mol. The van der Waals surface area contributed by atoms with Crippen molar-refractivity contribution in [3.05, 3.63) is 60.2 Å². The molecule has 0 aliphatic carbocycles. The van der Waals surface area contributed by atoms with E-state index in [4.69, 9.17) is 0 Å². The molecule has 0 aliphatic heterocycles. The zero-order valence-corrected chi connectivity index (χ0v) is 12.3. The van der Waals surface area contributed by atoms with Crippen molar-refractivity contribution in [1.82, 2.24) is 5.32 Å². The van der Waals surface area contributed by atoms with Crippen LogP contribution in [0.15, 0.2) is 54.6 Å². The van der Waals surface area contributed by atoms with Crippen molar-refractivity contribution < 1.29 is 4.79 Å². The third kappa shape index (κ3) is 3.27. The molecule has 0 atom stereocenters. The number of carbonyl (C=O) groups is 1. The van der Waals surface area contributed by atoms with Gasteiger partial charge in [0.25, 0.3) is 0 Å². The van der Waals surface area contributed by atoms with Gasteiger partial charge in [-0.15, -0.1) is 0 Å². The zero-order chi connectivity index (χ0) is 14.6. The van der Waals surface area contributed by atoms with E-state index in [1.165, 1.54) is 11.1 Å². The Hall–Kier alpha value is -2.09. The highest BCUT2D eigenvalue weighted by molar-refractivity contribution is 5.76. The van der Waals surface area contributed by atoms with Crippen LogP contribution in [0, 0.1) is 0 Å². The molecule has 2 rings (SSSR count). The Morgan fingerprint density at radius 1 is 1.00 bits per heavy atom. The van der Waals surface area contributed by atoms with Gasteiger partial charge in [-0.25, -0.2) is 0 Å². The molecule has 2 aromatic rings. The Balaban J connectivity index is 2.32. The summed E-state index contributed by atoms with van der Waals surface area (Å²) >= 11 is 0. The summed E-state index contributed by atoms with van der Waals surface area (Å²) in [6, 6.07) is 18.6. The third-order valence-corrected chi connectivity index (χ3v) is 3.46. The van der Waals surface area contributed by atoms with Crippen LogP contribution in [0.25, 0.3) is 11.1 Å². The highest BCUT2D eigenvalue weighted by Crippen LogP contribution is 2.26. The van der Waals surface area contributed by atoms with Gasteiger partial charge in [0.1, 0.15) is 0 Å². The van der Waals surface area contributed by atoms with E-state index in [-0.39, 0.29) is 11.4 Å². The van der Waals surface area contributed by atoms with E-state index in [9.17, 15) is 4.79 Å². The minimum atomic E-state index is -0.363. The summed E-state index contributed by atoms with van der Waals surface area (Å²) in [5, 5.41) is 3.06. The molecule has 20 heavy (non-hydrogen) atoms. The molecule has 0 heterocycles. The van der Waals surface area contributed by atoms with Gasteiger partial charge in [-0.3, -0.25) is 4.79 Å². The first-order valence-corrected chi connectivity index (χ1v) is 7.00. The quantitative estimate of drug-likeness (QED) is 0.887. The summed E-state index contributed by atoms with van der Waals surface area (Å²) in [6.45, 7) is 5.93. The summed E-state index contributed by atoms with van der Waals surface area (Å²) in [4.78, 5) is 11.6. The number of benzene rings is 2. The van der Waals surface area contributed by atoms with Crippen LogP contribution in [0.4, 0.5) is 0 Å². The molecule has 2 heteroatoms. The predicted octanol–water partition coefficient (Wildman–Crippen LogP) is 4.11. The van der Waals surface area contributed by atoms with Crippen molar-refractivity contribution >= 4 is 5.91 Å². The maximum absolute atomic E-state index is 11.6. The van der Waals surface area contributed by atoms with Crippen molar-refractivity contribution in [3.63, 3.8) is 0 Å². The number of hydrogen-bond acceptors (Lipinski definition) is 1. The number of amides is 1. The van der Waals surface area contributed by atoms with Crippen LogP contribution < -0.4 is 5.32 Å². The molecular formula is C18H21NO. The molecule has 0 radical (unpaired) electrons. The standard InChI is InChI=1S/C18H21NO/c1-4-17(20)19-18(2,3)16-12-8-11-15(13-16)14-9-6-5-7-10-14/h5-13H,4H2,1-3H3,(H,19,20). The van der Waals surface area contributed by atoms with Crippen molar-refractivity contribution in [2.24, 2.45) is 0 Å². The van der Waals surface area contributed by atoms with E-state index in [1.807, 2.05) is 45.0 Å². The molecule has 0 saturated carbocycles. The Bertz CT molecular complexity index is 587. The van der Waals surface area contributed by atoms with Crippen LogP contribution in [-0.2, 0) is 10.3 Å². The van der Waals surface area contributed by atoms with Gasteiger partial charge in [0.05, 0.1) is 5.54 Å². The van der Waals surface area contributed by atoms with Gasteiger partial charge in [-0.05, 0) is 36.6 Å². The molecule has 0 unspecified atom stereocenters. The second-order valence-corrected chi connectivity index (χ2v) is 5.47. The molecule has 0 fully saturated rings. The lowest BCUT2D eigenvalue weighted by Crippen LogP contribution is -2.40. The second-order valence-electron chi connectivity index (χ2n) is 5.47. The summed E-state index contributed by atoms with van der Waals surface area (Å²) in [5.41, 5.74) is 3.10. The fraction of sp³-hybridized carbons (Fsp3) is 0.278. The normalized spacial score (nSPS) is 11.2. The molecule has 0 spiro atoms. The first kappa shape index (κ1) is 14.3. The van der Waals surface area contributed by atoms with Crippen LogP contribution in [0.1, 0.15) is 32.8 Å². The molecule has 104 valence electrons. The second kappa shape index (κ2) is 5.91. The van der Waals surface area contributed by atoms with Crippen LogP contribution in [0.3, 0.4) is 0 Å². The molecule has 1 N–H and O–H groups in total. The van der Waals surface area contributed by atoms with Gasteiger partial charge < -0.3 is 5.32 Å². The van der Waals surface area contributed by atoms with E-state index in [2.05, 4.69) is 35.6 Å². The van der Waals surface area contributed by atoms with Crippen molar-refractivity contribution in [2.45, 2.75) is 32.7 Å². The topological polar surface area (TPSA) is 29.1 Å². The Morgan fingerprint density at radius 3 is 2.30 bits per heavy atom. The van der Waals surface area contributed by atoms with Crippen molar-refractivity contribution in [1.29, 1.82) is 0 Å². The van der Waals surface area contributed by atoms with Crippen LogP contribution >= 0.6 is 0 Å². The lowest BCUT2D eigenvalue weighted by molar-refractivity contribution is -0.122. The Labute approximate surface area is 120 Å². The average Bonchev–Trinajstić information content (AvgIpc) is 2.48. The van der Waals surface area contributed by atoms with E-state index < -0.39 is 0 Å². The smallest absolute Gasteiger partial charge is 0.220 e. The zero-order valence-electron chi connectivity index (χ0n) is 12.3. The number of rotatable bonds is 4. The van der Waals surface area contributed by atoms with Crippen LogP contribution in [0.5, 0.6) is 0 Å². The van der Waals surface area contributed by atoms with Gasteiger partial charge in [-0.2, -0.15) is 0 Å². The minimum Gasteiger partial charge on any atom is -0.347 e. The molecule has 0 aromatic heterocycles. The summed E-state index contributed by atoms with van der Waals surface area (Å²) in [5.74, 6) is 0.0696. The summed E-state index contributed by atoms with van der Waals surface area (Å²) in [6.07, 6.45) is 0.502. The van der Waals surface area contributed by atoms with E-state index in [1.54, 1.807) is 0 Å². The first-order chi connectivity index (χ1) is 9.53. The van der Waals surface area contributed by atoms with Gasteiger partial charge in [0, 0.05) is 6.42 Å². The molecule has 1 amide bonds. The molecule has 0 aliphatic rings. The van der Waals surface area contributed by atoms with Crippen molar-refractivity contribution in [2.75, 3.05) is 0 Å². The number of carbonyl (C=O) groups excluding carboxylic acids is 1. The molecule has 0 bridgehead atoms. The molecule has 0 saturated heterocycles. The highest BCUT2D eigenvalue weighted by Gasteiger charge is 2.22. The monoisotopic (exact) mass is 267 g/mol. The fourth-order valence-electron chi connectivity index (χ4n) is 2.23. The Kier molecular flexibility index (Phi) is 4.23. The maximum atomic E-state index is 11.6. The minimum absolute atomic E-state index is 0.0696. The molecular weight excluding hydrogens is 246 g/mol. The fourth-order valence-corrected chi connectivity index (χ4v) is 2.23. The lowest BCUT2D eigenvalue weighted by Gasteiger charge is -2.27. The largest absolute Gasteiger partial charge is 0.347 e. The third-order valence-electron chi connectivity index (χ3n) is 3.46. The van der Waals surface area contributed by atoms with Crippen molar-refractivity contribution in [3.8, 4) is 11.1 Å². The van der Waals surface area contributed by atoms with E-state index >= 15 is 0 Å². The number of hydrogen-bond donors (Lipinski definition) is 1. The molecule has 2 aromatic carbocycles. The van der Waals surface area contributed by atoms with Crippen LogP contribution in [0.2, 0.25) is 0 Å². The van der Waals surface area contributed by atoms with Gasteiger partial charge in [-0.1, -0.05) is 55.5 Å².